The summed E-state index contributed by atoms with van der Waals surface area (Å²) in [4.78, 5) is 12.2. The van der Waals surface area contributed by atoms with Crippen LogP contribution in [0.25, 0.3) is 0 Å². The molecule has 0 saturated heterocycles. The Bertz CT molecular complexity index is 611. The monoisotopic (exact) mass is 305 g/mol. The van der Waals surface area contributed by atoms with Gasteiger partial charge < -0.3 is 21.1 Å². The Morgan fingerprint density at radius 3 is 2.67 bits per heavy atom. The molecule has 0 spiro atoms. The van der Waals surface area contributed by atoms with E-state index < -0.39 is 0 Å². The molecule has 2 rings (SSSR count). The number of nitrogens with one attached hydrogen (secondary N) is 2. The molecule has 0 saturated carbocycles. The molecule has 0 aliphatic rings. The molecule has 21 heavy (non-hydrogen) atoms. The van der Waals surface area contributed by atoms with Gasteiger partial charge >= 0.3 is 0 Å². The van der Waals surface area contributed by atoms with Crippen LogP contribution in [0.2, 0.25) is 0 Å². The highest BCUT2D eigenvalue weighted by molar-refractivity contribution is 7.19. The predicted octanol–water partition coefficient (Wildman–Crippen LogP) is 2.35. The van der Waals surface area contributed by atoms with Crippen molar-refractivity contribution in [1.82, 2.24) is 5.32 Å². The molecule has 5 nitrogen and oxygen atoms in total. The smallest absolute Gasteiger partial charge is 0.263 e. The number of amides is 1. The number of hydrogen-bond acceptors (Lipinski definition) is 5. The molecule has 0 aliphatic carbocycles. The van der Waals surface area contributed by atoms with Gasteiger partial charge in [0, 0.05) is 13.6 Å². The zero-order chi connectivity index (χ0) is 15.2. The van der Waals surface area contributed by atoms with Gasteiger partial charge in [0.2, 0.25) is 0 Å². The van der Waals surface area contributed by atoms with E-state index in [1.165, 1.54) is 16.9 Å². The van der Waals surface area contributed by atoms with Crippen LogP contribution in [-0.2, 0) is 6.42 Å². The molecule has 1 heterocycles. The lowest BCUT2D eigenvalue weighted by atomic mass is 10.1. The number of benzene rings is 1. The van der Waals surface area contributed by atoms with Crippen molar-refractivity contribution in [2.75, 3.05) is 31.8 Å². The van der Waals surface area contributed by atoms with Crippen molar-refractivity contribution >= 4 is 27.9 Å². The van der Waals surface area contributed by atoms with Crippen LogP contribution in [0, 0.1) is 0 Å². The van der Waals surface area contributed by atoms with Crippen LogP contribution in [0.1, 0.15) is 15.2 Å². The third-order valence-electron chi connectivity index (χ3n) is 3.08. The second-order valence-corrected chi connectivity index (χ2v) is 5.47. The minimum Gasteiger partial charge on any atom is -0.492 e. The van der Waals surface area contributed by atoms with Crippen LogP contribution >= 0.6 is 11.3 Å². The Labute approximate surface area is 128 Å². The fourth-order valence-electron chi connectivity index (χ4n) is 2.00. The van der Waals surface area contributed by atoms with Gasteiger partial charge in [-0.1, -0.05) is 30.3 Å². The number of methoxy groups -OCH3 is 1. The lowest BCUT2D eigenvalue weighted by Crippen LogP contribution is -2.17. The maximum atomic E-state index is 11.7. The van der Waals surface area contributed by atoms with Gasteiger partial charge in [0.05, 0.1) is 7.11 Å². The maximum Gasteiger partial charge on any atom is 0.263 e. The highest BCUT2D eigenvalue weighted by Gasteiger charge is 2.20. The van der Waals surface area contributed by atoms with Gasteiger partial charge in [-0.2, -0.15) is 0 Å². The quantitative estimate of drug-likeness (QED) is 0.765. The van der Waals surface area contributed by atoms with Crippen LogP contribution in [0.15, 0.2) is 30.3 Å². The molecule has 0 bridgehead atoms. The molecule has 2 aromatic rings. The molecule has 0 aliphatic heterocycles. The minimum atomic E-state index is -0.202. The molecule has 6 heteroatoms. The summed E-state index contributed by atoms with van der Waals surface area (Å²) < 4.78 is 5.30. The molecule has 1 amide bonds. The summed E-state index contributed by atoms with van der Waals surface area (Å²) in [5.74, 6) is 0.332. The Morgan fingerprint density at radius 1 is 1.33 bits per heavy atom. The van der Waals surface area contributed by atoms with Gasteiger partial charge in [0.15, 0.2) is 5.75 Å². The summed E-state index contributed by atoms with van der Waals surface area (Å²) in [5, 5.41) is 6.65. The Balaban J connectivity index is 2.07. The number of anilines is 2. The van der Waals surface area contributed by atoms with E-state index >= 15 is 0 Å². The second-order valence-electron chi connectivity index (χ2n) is 4.45. The van der Waals surface area contributed by atoms with E-state index in [-0.39, 0.29) is 5.91 Å². The number of carbonyl (C=O) groups is 1. The molecule has 112 valence electrons. The topological polar surface area (TPSA) is 76.4 Å². The number of rotatable bonds is 6. The van der Waals surface area contributed by atoms with Crippen molar-refractivity contribution in [3.8, 4) is 5.75 Å². The summed E-state index contributed by atoms with van der Waals surface area (Å²) in [5.41, 5.74) is 7.59. The van der Waals surface area contributed by atoms with Crippen LogP contribution in [0.4, 0.5) is 10.7 Å². The first-order valence-corrected chi connectivity index (χ1v) is 7.45. The van der Waals surface area contributed by atoms with Crippen molar-refractivity contribution in [2.24, 2.45) is 0 Å². The molecule has 0 fully saturated rings. The number of thiophene rings is 1. The molecule has 0 radical (unpaired) electrons. The second kappa shape index (κ2) is 6.99. The molecular weight excluding hydrogens is 286 g/mol. The Morgan fingerprint density at radius 2 is 2.05 bits per heavy atom. The number of nitrogens with two attached hydrogens (primary N) is 1. The van der Waals surface area contributed by atoms with Crippen LogP contribution < -0.4 is 21.1 Å². The van der Waals surface area contributed by atoms with E-state index in [4.69, 9.17) is 10.5 Å². The third-order valence-corrected chi connectivity index (χ3v) is 4.22. The van der Waals surface area contributed by atoms with Crippen molar-refractivity contribution in [3.63, 3.8) is 0 Å². The largest absolute Gasteiger partial charge is 0.492 e. The summed E-state index contributed by atoms with van der Waals surface area (Å²) in [6.45, 7) is 0.744. The van der Waals surface area contributed by atoms with Crippen LogP contribution in [0.5, 0.6) is 5.75 Å². The van der Waals surface area contributed by atoms with Gasteiger partial charge in [0.25, 0.3) is 5.91 Å². The molecular formula is C15H19N3O2S. The van der Waals surface area contributed by atoms with Gasteiger partial charge in [-0.3, -0.25) is 4.79 Å². The highest BCUT2D eigenvalue weighted by Crippen LogP contribution is 2.42. The first kappa shape index (κ1) is 15.2. The Hall–Kier alpha value is -2.21. The fourth-order valence-corrected chi connectivity index (χ4v) is 3.06. The van der Waals surface area contributed by atoms with Gasteiger partial charge in [-0.15, -0.1) is 11.3 Å². The molecule has 1 aromatic carbocycles. The summed E-state index contributed by atoms with van der Waals surface area (Å²) in [7, 11) is 3.13. The normalized spacial score (nSPS) is 10.2. The summed E-state index contributed by atoms with van der Waals surface area (Å²) in [6.07, 6.45) is 0.886. The fraction of sp³-hybridized carbons (Fsp3) is 0.267. The number of nitrogen functional groups attached to an aromatic ring is 1. The number of carbonyl (C=O) groups excluding carboxylic acids is 1. The van der Waals surface area contributed by atoms with E-state index in [0.29, 0.717) is 16.3 Å². The molecule has 4 N–H and O–H groups in total. The summed E-state index contributed by atoms with van der Waals surface area (Å²) >= 11 is 1.31. The average Bonchev–Trinajstić information content (AvgIpc) is 2.83. The predicted molar refractivity (Wildman–Crippen MR) is 87.3 cm³/mol. The van der Waals surface area contributed by atoms with Crippen molar-refractivity contribution in [3.05, 3.63) is 40.8 Å². The third kappa shape index (κ3) is 3.46. The highest BCUT2D eigenvalue weighted by atomic mass is 32.1. The number of ether oxygens (including phenoxy) is 1. The van der Waals surface area contributed by atoms with Crippen LogP contribution in [-0.4, -0.2) is 26.6 Å². The molecule has 1 aromatic heterocycles. The maximum absolute atomic E-state index is 11.7. The first-order valence-electron chi connectivity index (χ1n) is 6.63. The van der Waals surface area contributed by atoms with E-state index in [1.54, 1.807) is 14.2 Å². The minimum absolute atomic E-state index is 0.202. The first-order chi connectivity index (χ1) is 10.2. The summed E-state index contributed by atoms with van der Waals surface area (Å²) in [6, 6.07) is 10.2. The zero-order valence-electron chi connectivity index (χ0n) is 12.1. The van der Waals surface area contributed by atoms with E-state index in [2.05, 4.69) is 22.8 Å². The SMILES string of the molecule is CNC(=O)c1sc(NCCc2ccccc2)c(OC)c1N. The van der Waals surface area contributed by atoms with Crippen molar-refractivity contribution in [1.29, 1.82) is 0 Å². The lowest BCUT2D eigenvalue weighted by Gasteiger charge is -2.07. The van der Waals surface area contributed by atoms with Gasteiger partial charge in [-0.05, 0) is 12.0 Å². The van der Waals surface area contributed by atoms with Gasteiger partial charge in [0.1, 0.15) is 15.6 Å². The van der Waals surface area contributed by atoms with Gasteiger partial charge in [-0.25, -0.2) is 0 Å². The van der Waals surface area contributed by atoms with E-state index in [9.17, 15) is 4.79 Å². The number of hydrogen-bond donors (Lipinski definition) is 3. The zero-order valence-corrected chi connectivity index (χ0v) is 12.9. The molecule has 0 unspecified atom stereocenters. The van der Waals surface area contributed by atoms with Crippen molar-refractivity contribution < 1.29 is 9.53 Å². The molecule has 0 atom stereocenters. The van der Waals surface area contributed by atoms with Crippen molar-refractivity contribution in [2.45, 2.75) is 6.42 Å². The van der Waals surface area contributed by atoms with Crippen LogP contribution in [0.3, 0.4) is 0 Å². The Kier molecular flexibility index (Phi) is 5.05. The standard InChI is InChI=1S/C15H19N3O2S/c1-17-14(19)13-11(16)12(20-2)15(21-13)18-9-8-10-6-4-3-5-7-10/h3-7,18H,8-9,16H2,1-2H3,(H,17,19). The lowest BCUT2D eigenvalue weighted by molar-refractivity contribution is 0.0967. The van der Waals surface area contributed by atoms with E-state index in [0.717, 1.165) is 18.0 Å². The van der Waals surface area contributed by atoms with E-state index in [1.807, 2.05) is 18.2 Å². The average molecular weight is 305 g/mol.